The number of amides is 1. The lowest BCUT2D eigenvalue weighted by Gasteiger charge is -2.31. The van der Waals surface area contributed by atoms with Gasteiger partial charge in [0, 0.05) is 27.2 Å². The average Bonchev–Trinajstić information content (AvgIpc) is 3.21. The first-order chi connectivity index (χ1) is 14.8. The van der Waals surface area contributed by atoms with E-state index in [9.17, 15) is 13.6 Å². The summed E-state index contributed by atoms with van der Waals surface area (Å²) in [7, 11) is 3.58. The van der Waals surface area contributed by atoms with Gasteiger partial charge in [0.05, 0.1) is 18.6 Å². The normalized spacial score (nSPS) is 15.6. The molecule has 1 aliphatic rings. The second-order valence-electron chi connectivity index (χ2n) is 7.83. The number of nitrogens with one attached hydrogen (secondary N) is 2. The number of benzene rings is 1. The fraction of sp³-hybridized carbons (Fsp3) is 0.636. The van der Waals surface area contributed by atoms with Gasteiger partial charge in [-0.2, -0.15) is 8.78 Å². The summed E-state index contributed by atoms with van der Waals surface area (Å²) in [6, 6.07) is 4.80. The van der Waals surface area contributed by atoms with Crippen molar-refractivity contribution in [2.24, 2.45) is 10.4 Å². The van der Waals surface area contributed by atoms with Crippen molar-refractivity contribution in [2.75, 3.05) is 33.8 Å². The molecule has 9 heteroatoms. The number of hydrogen-bond acceptors (Lipinski definition) is 4. The lowest BCUT2D eigenvalue weighted by molar-refractivity contribution is -0.138. The molecule has 0 heterocycles. The maximum absolute atomic E-state index is 12.8. The molecule has 31 heavy (non-hydrogen) atoms. The molecular weight excluding hydrogens is 406 g/mol. The van der Waals surface area contributed by atoms with E-state index >= 15 is 0 Å². The fourth-order valence-electron chi connectivity index (χ4n) is 3.87. The molecule has 7 nitrogen and oxygen atoms in total. The van der Waals surface area contributed by atoms with Crippen LogP contribution in [0.15, 0.2) is 23.2 Å². The standard InChI is InChI=1S/C22H34F2N4O3/c1-5-25-21(27-15-22(11-7-8-12-22)19(29)28(3)4)26-14-16-9-10-17(31-20(23)24)18(13-16)30-6-2/h9-10,13,20H,5-8,11-12,14-15H2,1-4H3,(H2,25,26,27). The lowest BCUT2D eigenvalue weighted by atomic mass is 9.84. The van der Waals surface area contributed by atoms with Crippen LogP contribution in [0.25, 0.3) is 0 Å². The van der Waals surface area contributed by atoms with E-state index in [0.29, 0.717) is 32.2 Å². The molecule has 0 saturated heterocycles. The minimum atomic E-state index is -2.92. The highest BCUT2D eigenvalue weighted by atomic mass is 19.3. The second-order valence-corrected chi connectivity index (χ2v) is 7.83. The summed E-state index contributed by atoms with van der Waals surface area (Å²) in [5.74, 6) is 1.01. The SMILES string of the molecule is CCNC(=NCc1ccc(OC(F)F)c(OCC)c1)NCC1(C(=O)N(C)C)CCCC1. The molecule has 0 spiro atoms. The monoisotopic (exact) mass is 440 g/mol. The Balaban J connectivity index is 2.11. The van der Waals surface area contributed by atoms with Crippen molar-refractivity contribution >= 4 is 11.9 Å². The Morgan fingerprint density at radius 1 is 1.19 bits per heavy atom. The molecular formula is C22H34F2N4O3. The molecule has 0 aromatic heterocycles. The highest BCUT2D eigenvalue weighted by Gasteiger charge is 2.42. The minimum absolute atomic E-state index is 0.0000145. The van der Waals surface area contributed by atoms with Gasteiger partial charge >= 0.3 is 6.61 Å². The molecule has 1 amide bonds. The van der Waals surface area contributed by atoms with Crippen molar-refractivity contribution < 1.29 is 23.0 Å². The number of ether oxygens (including phenoxy) is 2. The first-order valence-electron chi connectivity index (χ1n) is 10.8. The molecule has 2 rings (SSSR count). The molecule has 174 valence electrons. The Morgan fingerprint density at radius 2 is 1.90 bits per heavy atom. The molecule has 0 atom stereocenters. The fourth-order valence-corrected chi connectivity index (χ4v) is 3.87. The molecule has 1 fully saturated rings. The van der Waals surface area contributed by atoms with Gasteiger partial charge in [-0.25, -0.2) is 4.99 Å². The minimum Gasteiger partial charge on any atom is -0.490 e. The van der Waals surface area contributed by atoms with E-state index in [4.69, 9.17) is 4.74 Å². The maximum Gasteiger partial charge on any atom is 0.387 e. The zero-order valence-corrected chi connectivity index (χ0v) is 18.8. The van der Waals surface area contributed by atoms with Gasteiger partial charge in [0.15, 0.2) is 17.5 Å². The predicted molar refractivity (Wildman–Crippen MR) is 117 cm³/mol. The van der Waals surface area contributed by atoms with Crippen LogP contribution in [0.3, 0.4) is 0 Å². The quantitative estimate of drug-likeness (QED) is 0.431. The Bertz CT molecular complexity index is 750. The summed E-state index contributed by atoms with van der Waals surface area (Å²) in [6.07, 6.45) is 3.81. The summed E-state index contributed by atoms with van der Waals surface area (Å²) in [6.45, 7) is 2.67. The van der Waals surface area contributed by atoms with Crippen LogP contribution < -0.4 is 20.1 Å². The highest BCUT2D eigenvalue weighted by molar-refractivity contribution is 5.85. The highest BCUT2D eigenvalue weighted by Crippen LogP contribution is 2.39. The maximum atomic E-state index is 12.8. The number of nitrogens with zero attached hydrogens (tertiary/aromatic N) is 2. The third kappa shape index (κ3) is 6.97. The van der Waals surface area contributed by atoms with Crippen molar-refractivity contribution in [3.05, 3.63) is 23.8 Å². The number of hydrogen-bond donors (Lipinski definition) is 2. The zero-order chi connectivity index (χ0) is 22.9. The van der Waals surface area contributed by atoms with Crippen molar-refractivity contribution in [3.8, 4) is 11.5 Å². The molecule has 0 aliphatic heterocycles. The summed E-state index contributed by atoms with van der Waals surface area (Å²) in [5, 5.41) is 6.52. The van der Waals surface area contributed by atoms with E-state index in [2.05, 4.69) is 20.4 Å². The Hall–Kier alpha value is -2.58. The smallest absolute Gasteiger partial charge is 0.387 e. The third-order valence-corrected chi connectivity index (χ3v) is 5.30. The first-order valence-corrected chi connectivity index (χ1v) is 10.8. The van der Waals surface area contributed by atoms with Gasteiger partial charge in [-0.1, -0.05) is 18.9 Å². The summed E-state index contributed by atoms with van der Waals surface area (Å²) in [5.41, 5.74) is 0.387. The number of aliphatic imine (C=N–C) groups is 1. The Labute approximate surface area is 183 Å². The lowest BCUT2D eigenvalue weighted by Crippen LogP contribution is -2.49. The van der Waals surface area contributed by atoms with Crippen molar-refractivity contribution in [3.63, 3.8) is 0 Å². The van der Waals surface area contributed by atoms with Gasteiger partial charge in [-0.3, -0.25) is 4.79 Å². The average molecular weight is 441 g/mol. The number of halogens is 2. The summed E-state index contributed by atoms with van der Waals surface area (Å²) in [4.78, 5) is 19.0. The number of guanidine groups is 1. The van der Waals surface area contributed by atoms with Crippen molar-refractivity contribution in [1.29, 1.82) is 0 Å². The van der Waals surface area contributed by atoms with E-state index in [0.717, 1.165) is 31.2 Å². The molecule has 1 aromatic rings. The molecule has 1 aliphatic carbocycles. The Morgan fingerprint density at radius 3 is 2.48 bits per heavy atom. The third-order valence-electron chi connectivity index (χ3n) is 5.30. The number of carbonyl (C=O) groups excluding carboxylic acids is 1. The van der Waals surface area contributed by atoms with Crippen LogP contribution in [-0.4, -0.2) is 57.2 Å². The van der Waals surface area contributed by atoms with E-state index in [-0.39, 0.29) is 17.4 Å². The van der Waals surface area contributed by atoms with Gasteiger partial charge in [0.25, 0.3) is 0 Å². The topological polar surface area (TPSA) is 75.2 Å². The van der Waals surface area contributed by atoms with Crippen molar-refractivity contribution in [1.82, 2.24) is 15.5 Å². The van der Waals surface area contributed by atoms with E-state index in [1.54, 1.807) is 38.1 Å². The van der Waals surface area contributed by atoms with Gasteiger partial charge in [0.2, 0.25) is 5.91 Å². The predicted octanol–water partition coefficient (Wildman–Crippen LogP) is 3.39. The van der Waals surface area contributed by atoms with Gasteiger partial charge in [-0.15, -0.1) is 0 Å². The van der Waals surface area contributed by atoms with Crippen LogP contribution in [0.2, 0.25) is 0 Å². The van der Waals surface area contributed by atoms with E-state index in [1.807, 2.05) is 6.92 Å². The largest absolute Gasteiger partial charge is 0.490 e. The zero-order valence-electron chi connectivity index (χ0n) is 18.8. The summed E-state index contributed by atoms with van der Waals surface area (Å²) >= 11 is 0. The van der Waals surface area contributed by atoms with Crippen LogP contribution in [0.5, 0.6) is 11.5 Å². The first kappa shape index (κ1) is 24.7. The van der Waals surface area contributed by atoms with Crippen LogP contribution >= 0.6 is 0 Å². The van der Waals surface area contributed by atoms with Crippen LogP contribution in [-0.2, 0) is 11.3 Å². The van der Waals surface area contributed by atoms with Crippen molar-refractivity contribution in [2.45, 2.75) is 52.7 Å². The van der Waals surface area contributed by atoms with Gasteiger partial charge in [0.1, 0.15) is 0 Å². The number of alkyl halides is 2. The van der Waals surface area contributed by atoms with Crippen LogP contribution in [0.1, 0.15) is 45.1 Å². The molecule has 0 unspecified atom stereocenters. The van der Waals surface area contributed by atoms with Crippen LogP contribution in [0.4, 0.5) is 8.78 Å². The van der Waals surface area contributed by atoms with Crippen LogP contribution in [0, 0.1) is 5.41 Å². The van der Waals surface area contributed by atoms with Gasteiger partial charge < -0.3 is 25.0 Å². The molecule has 2 N–H and O–H groups in total. The molecule has 0 bridgehead atoms. The number of carbonyl (C=O) groups is 1. The molecule has 1 aromatic carbocycles. The summed E-state index contributed by atoms with van der Waals surface area (Å²) < 4.78 is 35.1. The Kier molecular flexibility index (Phi) is 9.33. The molecule has 0 radical (unpaired) electrons. The van der Waals surface area contributed by atoms with E-state index in [1.165, 1.54) is 6.07 Å². The second kappa shape index (κ2) is 11.7. The van der Waals surface area contributed by atoms with E-state index < -0.39 is 12.0 Å². The van der Waals surface area contributed by atoms with Gasteiger partial charge in [-0.05, 0) is 44.4 Å². The number of rotatable bonds is 10. The molecule has 1 saturated carbocycles.